The number of carbonyl (C=O) groups is 1. The Bertz CT molecular complexity index is 788. The molecule has 1 unspecified atom stereocenters. The van der Waals surface area contributed by atoms with E-state index in [0.717, 1.165) is 5.69 Å². The van der Waals surface area contributed by atoms with E-state index in [2.05, 4.69) is 15.0 Å². The van der Waals surface area contributed by atoms with Crippen molar-refractivity contribution >= 4 is 15.9 Å². The number of aromatic nitrogens is 1. The Morgan fingerprint density at radius 3 is 2.25 bits per heavy atom. The molecule has 1 amide bonds. The quantitative estimate of drug-likeness (QED) is 0.839. The van der Waals surface area contributed by atoms with Crippen LogP contribution in [0.5, 0.6) is 0 Å². The van der Waals surface area contributed by atoms with Crippen LogP contribution in [0.4, 0.5) is 0 Å². The third-order valence-corrected chi connectivity index (χ3v) is 4.97. The van der Waals surface area contributed by atoms with Crippen molar-refractivity contribution in [3.8, 4) is 0 Å². The minimum Gasteiger partial charge on any atom is -0.344 e. The van der Waals surface area contributed by atoms with Crippen LogP contribution in [0.1, 0.15) is 42.9 Å². The van der Waals surface area contributed by atoms with Crippen LogP contribution in [-0.4, -0.2) is 25.4 Å². The molecule has 2 rings (SSSR count). The summed E-state index contributed by atoms with van der Waals surface area (Å²) in [6.07, 6.45) is 1.67. The lowest BCUT2D eigenvalue weighted by molar-refractivity contribution is 0.0939. The van der Waals surface area contributed by atoms with Gasteiger partial charge in [-0.15, -0.1) is 0 Å². The summed E-state index contributed by atoms with van der Waals surface area (Å²) in [6, 6.07) is 10.9. The van der Waals surface area contributed by atoms with Crippen molar-refractivity contribution in [3.05, 3.63) is 59.9 Å². The van der Waals surface area contributed by atoms with Gasteiger partial charge in [-0.05, 0) is 57.2 Å². The molecule has 24 heavy (non-hydrogen) atoms. The SMILES string of the molecule is CC(C)NS(=O)(=O)c1ccc(C(=O)NC(C)c2ccccn2)cc1. The van der Waals surface area contributed by atoms with E-state index in [-0.39, 0.29) is 22.9 Å². The molecule has 0 aliphatic heterocycles. The van der Waals surface area contributed by atoms with E-state index in [1.165, 1.54) is 24.3 Å². The Labute approximate surface area is 142 Å². The Kier molecular flexibility index (Phi) is 5.69. The van der Waals surface area contributed by atoms with Gasteiger partial charge in [0.25, 0.3) is 5.91 Å². The lowest BCUT2D eigenvalue weighted by atomic mass is 10.1. The van der Waals surface area contributed by atoms with Crippen molar-refractivity contribution in [2.45, 2.75) is 37.8 Å². The van der Waals surface area contributed by atoms with Crippen molar-refractivity contribution in [1.82, 2.24) is 15.0 Å². The van der Waals surface area contributed by atoms with Gasteiger partial charge in [0.2, 0.25) is 10.0 Å². The normalized spacial score (nSPS) is 12.8. The van der Waals surface area contributed by atoms with Crippen LogP contribution in [0.2, 0.25) is 0 Å². The number of carbonyl (C=O) groups excluding carboxylic acids is 1. The predicted molar refractivity (Wildman–Crippen MR) is 92.0 cm³/mol. The number of amides is 1. The molecule has 2 aromatic rings. The second-order valence-corrected chi connectivity index (χ2v) is 7.46. The van der Waals surface area contributed by atoms with Gasteiger partial charge in [0, 0.05) is 17.8 Å². The zero-order valence-corrected chi connectivity index (χ0v) is 14.7. The van der Waals surface area contributed by atoms with Crippen molar-refractivity contribution in [2.24, 2.45) is 0 Å². The number of hydrogen-bond donors (Lipinski definition) is 2. The Hall–Kier alpha value is -2.25. The molecule has 128 valence electrons. The fourth-order valence-electron chi connectivity index (χ4n) is 2.15. The number of pyridine rings is 1. The fraction of sp³-hybridized carbons (Fsp3) is 0.294. The smallest absolute Gasteiger partial charge is 0.251 e. The van der Waals surface area contributed by atoms with Crippen LogP contribution < -0.4 is 10.0 Å². The summed E-state index contributed by atoms with van der Waals surface area (Å²) >= 11 is 0. The largest absolute Gasteiger partial charge is 0.344 e. The second kappa shape index (κ2) is 7.55. The van der Waals surface area contributed by atoms with Crippen LogP contribution in [0, 0.1) is 0 Å². The van der Waals surface area contributed by atoms with Gasteiger partial charge in [0.1, 0.15) is 0 Å². The second-order valence-electron chi connectivity index (χ2n) is 5.75. The molecule has 0 saturated heterocycles. The number of hydrogen-bond acceptors (Lipinski definition) is 4. The lowest BCUT2D eigenvalue weighted by Gasteiger charge is -2.14. The molecular weight excluding hydrogens is 326 g/mol. The minimum absolute atomic E-state index is 0.130. The highest BCUT2D eigenvalue weighted by molar-refractivity contribution is 7.89. The Morgan fingerprint density at radius 2 is 1.71 bits per heavy atom. The summed E-state index contributed by atoms with van der Waals surface area (Å²) in [7, 11) is -3.56. The van der Waals surface area contributed by atoms with Gasteiger partial charge >= 0.3 is 0 Å². The number of nitrogens with one attached hydrogen (secondary N) is 2. The van der Waals surface area contributed by atoms with E-state index >= 15 is 0 Å². The zero-order valence-electron chi connectivity index (χ0n) is 13.9. The molecule has 0 spiro atoms. The van der Waals surface area contributed by atoms with Crippen molar-refractivity contribution in [3.63, 3.8) is 0 Å². The first-order chi connectivity index (χ1) is 11.3. The monoisotopic (exact) mass is 347 g/mol. The van der Waals surface area contributed by atoms with Crippen LogP contribution in [0.15, 0.2) is 53.6 Å². The molecule has 0 saturated carbocycles. The van der Waals surface area contributed by atoms with Gasteiger partial charge < -0.3 is 5.32 Å². The molecule has 7 heteroatoms. The van der Waals surface area contributed by atoms with Crippen LogP contribution in [0.25, 0.3) is 0 Å². The van der Waals surface area contributed by atoms with Crippen molar-refractivity contribution < 1.29 is 13.2 Å². The molecule has 2 N–H and O–H groups in total. The van der Waals surface area contributed by atoms with E-state index in [1.807, 2.05) is 25.1 Å². The molecule has 1 aromatic heterocycles. The summed E-state index contributed by atoms with van der Waals surface area (Å²) < 4.78 is 26.6. The molecule has 0 fully saturated rings. The van der Waals surface area contributed by atoms with E-state index in [4.69, 9.17) is 0 Å². The summed E-state index contributed by atoms with van der Waals surface area (Å²) in [5.41, 5.74) is 1.15. The average molecular weight is 347 g/mol. The first-order valence-electron chi connectivity index (χ1n) is 7.64. The van der Waals surface area contributed by atoms with Crippen LogP contribution in [-0.2, 0) is 10.0 Å². The number of benzene rings is 1. The summed E-state index contributed by atoms with van der Waals surface area (Å²) in [5.74, 6) is -0.283. The Morgan fingerprint density at radius 1 is 1.04 bits per heavy atom. The van der Waals surface area contributed by atoms with Gasteiger partial charge in [0.05, 0.1) is 16.6 Å². The molecule has 1 atom stereocenters. The van der Waals surface area contributed by atoms with Gasteiger partial charge in [0.15, 0.2) is 0 Å². The highest BCUT2D eigenvalue weighted by Gasteiger charge is 2.17. The van der Waals surface area contributed by atoms with Gasteiger partial charge in [-0.3, -0.25) is 9.78 Å². The van der Waals surface area contributed by atoms with Gasteiger partial charge in [-0.1, -0.05) is 6.07 Å². The maximum atomic E-state index is 12.3. The molecule has 0 bridgehead atoms. The third kappa shape index (κ3) is 4.62. The topological polar surface area (TPSA) is 88.2 Å². The van der Waals surface area contributed by atoms with E-state index in [9.17, 15) is 13.2 Å². The average Bonchev–Trinajstić information content (AvgIpc) is 2.54. The maximum Gasteiger partial charge on any atom is 0.251 e. The molecular formula is C17H21N3O3S. The molecule has 1 heterocycles. The molecule has 6 nitrogen and oxygen atoms in total. The number of rotatable bonds is 6. The fourth-order valence-corrected chi connectivity index (χ4v) is 3.40. The summed E-state index contributed by atoms with van der Waals surface area (Å²) in [4.78, 5) is 16.6. The summed E-state index contributed by atoms with van der Waals surface area (Å²) in [5, 5.41) is 2.84. The van der Waals surface area contributed by atoms with E-state index in [1.54, 1.807) is 20.0 Å². The lowest BCUT2D eigenvalue weighted by Crippen LogP contribution is -2.30. The highest BCUT2D eigenvalue weighted by atomic mass is 32.2. The van der Waals surface area contributed by atoms with Gasteiger partial charge in [-0.25, -0.2) is 13.1 Å². The standard InChI is InChI=1S/C17H21N3O3S/c1-12(2)20-24(22,23)15-9-7-14(8-10-15)17(21)19-13(3)16-6-4-5-11-18-16/h4-13,20H,1-3H3,(H,19,21). The molecule has 1 aromatic carbocycles. The maximum absolute atomic E-state index is 12.3. The number of sulfonamides is 1. The minimum atomic E-state index is -3.56. The van der Waals surface area contributed by atoms with Gasteiger partial charge in [-0.2, -0.15) is 0 Å². The van der Waals surface area contributed by atoms with Crippen LogP contribution >= 0.6 is 0 Å². The van der Waals surface area contributed by atoms with E-state index < -0.39 is 10.0 Å². The molecule has 0 aliphatic rings. The molecule has 0 radical (unpaired) electrons. The third-order valence-electron chi connectivity index (χ3n) is 3.30. The van der Waals surface area contributed by atoms with Crippen molar-refractivity contribution in [2.75, 3.05) is 0 Å². The Balaban J connectivity index is 2.09. The molecule has 0 aliphatic carbocycles. The van der Waals surface area contributed by atoms with Crippen LogP contribution in [0.3, 0.4) is 0 Å². The first-order valence-corrected chi connectivity index (χ1v) is 9.12. The van der Waals surface area contributed by atoms with E-state index in [0.29, 0.717) is 5.56 Å². The summed E-state index contributed by atoms with van der Waals surface area (Å²) in [6.45, 7) is 5.34. The van der Waals surface area contributed by atoms with Crippen molar-refractivity contribution in [1.29, 1.82) is 0 Å². The predicted octanol–water partition coefficient (Wildman–Crippen LogP) is 2.26. The number of nitrogens with zero attached hydrogens (tertiary/aromatic N) is 1. The zero-order chi connectivity index (χ0) is 17.7. The highest BCUT2D eigenvalue weighted by Crippen LogP contribution is 2.13. The first kappa shape index (κ1) is 18.1.